The van der Waals surface area contributed by atoms with Crippen LogP contribution in [-0.4, -0.2) is 11.8 Å². The summed E-state index contributed by atoms with van der Waals surface area (Å²) in [6.45, 7) is 1.78. The first-order valence-corrected chi connectivity index (χ1v) is 8.06. The molecule has 0 saturated heterocycles. The van der Waals surface area contributed by atoms with E-state index in [1.54, 1.807) is 25.1 Å². The van der Waals surface area contributed by atoms with Gasteiger partial charge in [-0.15, -0.1) is 0 Å². The van der Waals surface area contributed by atoms with Crippen molar-refractivity contribution in [3.05, 3.63) is 58.6 Å². The number of nitrogens with one attached hydrogen (secondary N) is 2. The quantitative estimate of drug-likeness (QED) is 0.856. The number of anilines is 2. The smallest absolute Gasteiger partial charge is 0.228 e. The Morgan fingerprint density at radius 2 is 1.68 bits per heavy atom. The van der Waals surface area contributed by atoms with E-state index in [4.69, 9.17) is 11.6 Å². The van der Waals surface area contributed by atoms with Gasteiger partial charge in [0.1, 0.15) is 11.6 Å². The minimum atomic E-state index is -0.857. The van der Waals surface area contributed by atoms with Crippen LogP contribution in [0.1, 0.15) is 12.0 Å². The Morgan fingerprint density at radius 1 is 1.04 bits per heavy atom. The van der Waals surface area contributed by atoms with Crippen LogP contribution in [0.4, 0.5) is 20.2 Å². The summed E-state index contributed by atoms with van der Waals surface area (Å²) in [5.74, 6) is -3.36. The van der Waals surface area contributed by atoms with Crippen LogP contribution < -0.4 is 10.6 Å². The van der Waals surface area contributed by atoms with E-state index in [1.807, 2.05) is 0 Å². The van der Waals surface area contributed by atoms with Gasteiger partial charge in [-0.3, -0.25) is 9.59 Å². The molecule has 7 heteroatoms. The van der Waals surface area contributed by atoms with Crippen molar-refractivity contribution in [3.8, 4) is 0 Å². The van der Waals surface area contributed by atoms with Gasteiger partial charge in [0.05, 0.1) is 17.5 Å². The third kappa shape index (κ3) is 3.79. The highest BCUT2D eigenvalue weighted by Crippen LogP contribution is 2.40. The maximum atomic E-state index is 13.6. The molecular formula is C18H15ClF2N2O2. The van der Waals surface area contributed by atoms with Gasteiger partial charge >= 0.3 is 0 Å². The molecule has 2 N–H and O–H groups in total. The van der Waals surface area contributed by atoms with Crippen molar-refractivity contribution in [2.45, 2.75) is 13.3 Å². The van der Waals surface area contributed by atoms with Crippen LogP contribution in [0.2, 0.25) is 5.02 Å². The molecule has 0 aromatic heterocycles. The van der Waals surface area contributed by atoms with E-state index in [-0.39, 0.29) is 11.6 Å². The third-order valence-corrected chi connectivity index (χ3v) is 4.59. The molecule has 130 valence electrons. The van der Waals surface area contributed by atoms with Gasteiger partial charge in [0.15, 0.2) is 0 Å². The molecule has 25 heavy (non-hydrogen) atoms. The van der Waals surface area contributed by atoms with E-state index in [9.17, 15) is 18.4 Å². The first-order chi connectivity index (χ1) is 11.9. The maximum Gasteiger partial charge on any atom is 0.228 e. The molecule has 1 aliphatic rings. The number of halogens is 3. The van der Waals surface area contributed by atoms with E-state index in [0.29, 0.717) is 23.2 Å². The number of carbonyl (C=O) groups is 2. The topological polar surface area (TPSA) is 58.2 Å². The van der Waals surface area contributed by atoms with Gasteiger partial charge < -0.3 is 10.6 Å². The zero-order valence-corrected chi connectivity index (χ0v) is 14.0. The monoisotopic (exact) mass is 364 g/mol. The van der Waals surface area contributed by atoms with E-state index in [2.05, 4.69) is 10.6 Å². The van der Waals surface area contributed by atoms with Crippen molar-refractivity contribution in [3.63, 3.8) is 0 Å². The fourth-order valence-corrected chi connectivity index (χ4v) is 2.73. The summed E-state index contributed by atoms with van der Waals surface area (Å²) < 4.78 is 26.5. The Kier molecular flexibility index (Phi) is 4.72. The van der Waals surface area contributed by atoms with Crippen LogP contribution in [0.5, 0.6) is 0 Å². The van der Waals surface area contributed by atoms with Crippen molar-refractivity contribution >= 4 is 34.8 Å². The fraction of sp³-hybridized carbons (Fsp3) is 0.222. The summed E-state index contributed by atoms with van der Waals surface area (Å²) in [5, 5.41) is 5.68. The third-order valence-electron chi connectivity index (χ3n) is 4.18. The van der Waals surface area contributed by atoms with Crippen molar-refractivity contribution in [1.29, 1.82) is 0 Å². The van der Waals surface area contributed by atoms with E-state index in [0.717, 1.165) is 17.7 Å². The first kappa shape index (κ1) is 17.4. The van der Waals surface area contributed by atoms with Gasteiger partial charge in [-0.25, -0.2) is 8.78 Å². The number of benzene rings is 2. The van der Waals surface area contributed by atoms with Crippen LogP contribution in [0.3, 0.4) is 0 Å². The predicted octanol–water partition coefficient (Wildman–Crippen LogP) is 4.14. The summed E-state index contributed by atoms with van der Waals surface area (Å²) in [7, 11) is 0. The Labute approximate surface area is 148 Å². The second-order valence-corrected chi connectivity index (χ2v) is 6.37. The molecule has 2 unspecified atom stereocenters. The van der Waals surface area contributed by atoms with E-state index in [1.165, 1.54) is 0 Å². The van der Waals surface area contributed by atoms with Gasteiger partial charge in [-0.2, -0.15) is 0 Å². The molecule has 0 bridgehead atoms. The lowest BCUT2D eigenvalue weighted by Crippen LogP contribution is -2.21. The molecule has 2 amide bonds. The van der Waals surface area contributed by atoms with E-state index >= 15 is 0 Å². The zero-order valence-electron chi connectivity index (χ0n) is 13.3. The van der Waals surface area contributed by atoms with Gasteiger partial charge in [0, 0.05) is 16.8 Å². The van der Waals surface area contributed by atoms with Gasteiger partial charge in [-0.05, 0) is 43.2 Å². The molecule has 0 spiro atoms. The largest absolute Gasteiger partial charge is 0.326 e. The Balaban J connectivity index is 1.61. The number of hydrogen-bond acceptors (Lipinski definition) is 2. The molecule has 1 fully saturated rings. The number of hydrogen-bond donors (Lipinski definition) is 2. The first-order valence-electron chi connectivity index (χ1n) is 7.68. The summed E-state index contributed by atoms with van der Waals surface area (Å²) in [4.78, 5) is 24.4. The van der Waals surface area contributed by atoms with Crippen LogP contribution >= 0.6 is 11.6 Å². The molecule has 2 aromatic rings. The fourth-order valence-electron chi connectivity index (χ4n) is 2.56. The van der Waals surface area contributed by atoms with Crippen LogP contribution in [0.15, 0.2) is 36.4 Å². The molecule has 0 radical (unpaired) electrons. The molecule has 3 rings (SSSR count). The highest BCUT2D eigenvalue weighted by atomic mass is 35.5. The average molecular weight is 365 g/mol. The highest BCUT2D eigenvalue weighted by molar-refractivity contribution is 6.31. The summed E-state index contributed by atoms with van der Waals surface area (Å²) in [6, 6.07) is 8.06. The summed E-state index contributed by atoms with van der Waals surface area (Å²) >= 11 is 6.01. The standard InChI is InChI=1S/C18H15ClF2N2O2/c1-9-13(19)3-2-4-15(9)22-17(24)11-8-12(11)18(25)23-16-6-5-10(20)7-14(16)21/h2-7,11-12H,8H2,1H3,(H,22,24)(H,23,25). The van der Waals surface area contributed by atoms with Crippen molar-refractivity contribution in [2.75, 3.05) is 10.6 Å². The number of amides is 2. The summed E-state index contributed by atoms with van der Waals surface area (Å²) in [6.07, 6.45) is 0.375. The molecule has 2 aromatic carbocycles. The number of rotatable bonds is 4. The minimum absolute atomic E-state index is 0.108. The summed E-state index contributed by atoms with van der Waals surface area (Å²) in [5.41, 5.74) is 1.23. The van der Waals surface area contributed by atoms with Crippen molar-refractivity contribution < 1.29 is 18.4 Å². The number of carbonyl (C=O) groups excluding carboxylic acids is 2. The van der Waals surface area contributed by atoms with Crippen LogP contribution in [0.25, 0.3) is 0 Å². The second-order valence-electron chi connectivity index (χ2n) is 5.96. The lowest BCUT2D eigenvalue weighted by atomic mass is 10.2. The molecular weight excluding hydrogens is 350 g/mol. The zero-order chi connectivity index (χ0) is 18.1. The normalized spacial score (nSPS) is 18.6. The molecule has 1 saturated carbocycles. The SMILES string of the molecule is Cc1c(Cl)cccc1NC(=O)C1CC1C(=O)Nc1ccc(F)cc1F. The lowest BCUT2D eigenvalue weighted by molar-refractivity contribution is -0.122. The van der Waals surface area contributed by atoms with Gasteiger partial charge in [0.2, 0.25) is 11.8 Å². The second kappa shape index (κ2) is 6.80. The average Bonchev–Trinajstić information content (AvgIpc) is 3.35. The van der Waals surface area contributed by atoms with Crippen molar-refractivity contribution in [2.24, 2.45) is 11.8 Å². The minimum Gasteiger partial charge on any atom is -0.326 e. The highest BCUT2D eigenvalue weighted by Gasteiger charge is 2.48. The van der Waals surface area contributed by atoms with Crippen LogP contribution in [-0.2, 0) is 9.59 Å². The maximum absolute atomic E-state index is 13.6. The Bertz CT molecular complexity index is 857. The molecule has 0 heterocycles. The predicted molar refractivity (Wildman–Crippen MR) is 91.4 cm³/mol. The lowest BCUT2D eigenvalue weighted by Gasteiger charge is -2.09. The van der Waals surface area contributed by atoms with Gasteiger partial charge in [0.25, 0.3) is 0 Å². The molecule has 0 aliphatic heterocycles. The molecule has 4 nitrogen and oxygen atoms in total. The van der Waals surface area contributed by atoms with Crippen molar-refractivity contribution in [1.82, 2.24) is 0 Å². The molecule has 1 aliphatic carbocycles. The Hall–Kier alpha value is -2.47. The van der Waals surface area contributed by atoms with Crippen LogP contribution in [0, 0.1) is 30.4 Å². The Morgan fingerprint density at radius 3 is 2.32 bits per heavy atom. The van der Waals surface area contributed by atoms with E-state index < -0.39 is 29.4 Å². The van der Waals surface area contributed by atoms with Gasteiger partial charge in [-0.1, -0.05) is 17.7 Å². The molecule has 2 atom stereocenters.